The highest BCUT2D eigenvalue weighted by Crippen LogP contribution is 2.46. The summed E-state index contributed by atoms with van der Waals surface area (Å²) in [5, 5.41) is 0. The summed E-state index contributed by atoms with van der Waals surface area (Å²) in [5.74, 6) is 17.9. The molecule has 0 saturated heterocycles. The summed E-state index contributed by atoms with van der Waals surface area (Å²) in [6.45, 7) is 19.5. The SMILES string of the molecule is CCCC1CCC(CCSC(CCCCCC(SCCC2CCC(CCC)C(CCC)C2)SCCC2CC(CCC)CCC2CCC)SCCC2CCC(CCC)CC2CCC)C(CCC)C1. The number of hydrogen-bond acceptors (Lipinski definition) is 4. The van der Waals surface area contributed by atoms with E-state index in [4.69, 9.17) is 0 Å². The van der Waals surface area contributed by atoms with Gasteiger partial charge in [-0.25, -0.2) is 0 Å². The zero-order valence-electron chi connectivity index (χ0n) is 46.7. The molecule has 13 unspecified atom stereocenters. The van der Waals surface area contributed by atoms with Crippen LogP contribution in [-0.4, -0.2) is 32.2 Å². The van der Waals surface area contributed by atoms with E-state index < -0.39 is 0 Å². The second kappa shape index (κ2) is 38.0. The zero-order valence-corrected chi connectivity index (χ0v) is 50.0. The fraction of sp³-hybridized carbons (Fsp3) is 1.00. The molecule has 0 spiro atoms. The Balaban J connectivity index is 1.32. The van der Waals surface area contributed by atoms with Crippen molar-refractivity contribution >= 4 is 47.0 Å². The highest BCUT2D eigenvalue weighted by molar-refractivity contribution is 8.17. The maximum absolute atomic E-state index is 2.45. The Morgan fingerprint density at radius 3 is 0.851 bits per heavy atom. The first-order valence-corrected chi connectivity index (χ1v) is 35.5. The van der Waals surface area contributed by atoms with Gasteiger partial charge in [0.1, 0.15) is 0 Å². The second-order valence-corrected chi connectivity index (χ2v) is 30.1. The topological polar surface area (TPSA) is 0 Å². The highest BCUT2D eigenvalue weighted by atomic mass is 32.2. The Morgan fingerprint density at radius 1 is 0.269 bits per heavy atom. The number of hydrogen-bond donors (Lipinski definition) is 0. The van der Waals surface area contributed by atoms with Gasteiger partial charge >= 0.3 is 0 Å². The van der Waals surface area contributed by atoms with Crippen molar-refractivity contribution in [3.63, 3.8) is 0 Å². The Morgan fingerprint density at radius 2 is 0.522 bits per heavy atom. The van der Waals surface area contributed by atoms with Gasteiger partial charge in [0.2, 0.25) is 0 Å². The summed E-state index contributed by atoms with van der Waals surface area (Å²) in [4.78, 5) is 0. The average Bonchev–Trinajstić information content (AvgIpc) is 3.32. The summed E-state index contributed by atoms with van der Waals surface area (Å²) in [7, 11) is 0. The largest absolute Gasteiger partial charge is 0.148 e. The lowest BCUT2D eigenvalue weighted by molar-refractivity contribution is 0.157. The van der Waals surface area contributed by atoms with Crippen molar-refractivity contribution in [1.82, 2.24) is 0 Å². The minimum absolute atomic E-state index is 0.828. The first-order valence-electron chi connectivity index (χ1n) is 31.3. The van der Waals surface area contributed by atoms with E-state index >= 15 is 0 Å². The quantitative estimate of drug-likeness (QED) is 0.0446. The van der Waals surface area contributed by atoms with Crippen molar-refractivity contribution in [1.29, 1.82) is 0 Å². The molecule has 0 N–H and O–H groups in total. The summed E-state index contributed by atoms with van der Waals surface area (Å²) >= 11 is 9.72. The third-order valence-electron chi connectivity index (χ3n) is 19.0. The van der Waals surface area contributed by atoms with Gasteiger partial charge < -0.3 is 0 Å². The predicted octanol–water partition coefficient (Wildman–Crippen LogP) is 22.6. The Bertz CT molecular complexity index is 1100. The van der Waals surface area contributed by atoms with Gasteiger partial charge in [-0.3, -0.25) is 0 Å². The molecule has 0 aromatic rings. The molecule has 4 saturated carbocycles. The fourth-order valence-corrected chi connectivity index (χ4v) is 21.5. The van der Waals surface area contributed by atoms with Crippen LogP contribution in [0.5, 0.6) is 0 Å². The van der Waals surface area contributed by atoms with Crippen molar-refractivity contribution in [3.8, 4) is 0 Å². The molecule has 4 fully saturated rings. The van der Waals surface area contributed by atoms with Crippen molar-refractivity contribution in [2.75, 3.05) is 23.0 Å². The van der Waals surface area contributed by atoms with Crippen LogP contribution in [0.3, 0.4) is 0 Å². The normalized spacial score (nSPS) is 31.5. The molecule has 0 nitrogen and oxygen atoms in total. The molecule has 0 amide bonds. The van der Waals surface area contributed by atoms with E-state index in [0.717, 1.165) is 80.2 Å². The Labute approximate surface area is 440 Å². The van der Waals surface area contributed by atoms with Gasteiger partial charge in [-0.05, 0) is 184 Å². The molecule has 67 heavy (non-hydrogen) atoms. The van der Waals surface area contributed by atoms with Crippen molar-refractivity contribution in [2.24, 2.45) is 71.0 Å². The molecule has 0 radical (unpaired) electrons. The Kier molecular flexibility index (Phi) is 34.6. The lowest BCUT2D eigenvalue weighted by Crippen LogP contribution is -2.26. The third kappa shape index (κ3) is 24.1. The highest BCUT2D eigenvalue weighted by Gasteiger charge is 2.33. The van der Waals surface area contributed by atoms with Crippen LogP contribution in [-0.2, 0) is 0 Å². The maximum atomic E-state index is 2.45. The lowest BCUT2D eigenvalue weighted by atomic mass is 9.70. The number of rotatable bonds is 38. The predicted molar refractivity (Wildman–Crippen MR) is 316 cm³/mol. The molecule has 13 atom stereocenters. The van der Waals surface area contributed by atoms with Crippen LogP contribution in [0.1, 0.15) is 293 Å². The number of unbranched alkanes of at least 4 members (excludes halogenated alkanes) is 2. The van der Waals surface area contributed by atoms with Crippen LogP contribution in [0.25, 0.3) is 0 Å². The molecule has 396 valence electrons. The summed E-state index contributed by atoms with van der Waals surface area (Å²) in [6, 6.07) is 0. The first-order chi connectivity index (χ1) is 32.9. The van der Waals surface area contributed by atoms with Gasteiger partial charge in [0, 0.05) is 0 Å². The van der Waals surface area contributed by atoms with Gasteiger partial charge in [0.15, 0.2) is 0 Å². The first kappa shape index (κ1) is 61.0. The molecule has 4 aliphatic carbocycles. The molecule has 0 aromatic heterocycles. The molecule has 0 heterocycles. The molecule has 0 aromatic carbocycles. The van der Waals surface area contributed by atoms with E-state index in [9.17, 15) is 0 Å². The van der Waals surface area contributed by atoms with Gasteiger partial charge in [-0.15, -0.1) is 47.0 Å². The van der Waals surface area contributed by atoms with Gasteiger partial charge in [0.25, 0.3) is 0 Å². The average molecular weight is 1010 g/mol. The van der Waals surface area contributed by atoms with E-state index in [1.54, 1.807) is 25.7 Å². The fourth-order valence-electron chi connectivity index (χ4n) is 15.4. The van der Waals surface area contributed by atoms with Gasteiger partial charge in [0.05, 0.1) is 9.16 Å². The van der Waals surface area contributed by atoms with Crippen molar-refractivity contribution < 1.29 is 0 Å². The summed E-state index contributed by atoms with van der Waals surface area (Å²) in [6.07, 6.45) is 54.7. The molecule has 4 rings (SSSR count). The third-order valence-corrected chi connectivity index (χ3v) is 24.9. The Hall–Kier alpha value is 1.40. The molecule has 0 aliphatic heterocycles. The van der Waals surface area contributed by atoms with Gasteiger partial charge in [-0.1, -0.05) is 203 Å². The van der Waals surface area contributed by atoms with E-state index in [-0.39, 0.29) is 0 Å². The van der Waals surface area contributed by atoms with Crippen LogP contribution < -0.4 is 0 Å². The van der Waals surface area contributed by atoms with Crippen LogP contribution in [0.2, 0.25) is 0 Å². The smallest absolute Gasteiger partial charge is 0.0502 e. The number of thioether (sulfide) groups is 4. The zero-order chi connectivity index (χ0) is 47.9. The van der Waals surface area contributed by atoms with E-state index in [2.05, 4.69) is 102 Å². The minimum atomic E-state index is 0.828. The van der Waals surface area contributed by atoms with E-state index in [0.29, 0.717) is 0 Å². The molecular formula is C63H120S4. The molecule has 0 bridgehead atoms. The summed E-state index contributed by atoms with van der Waals surface area (Å²) in [5.41, 5.74) is 0. The van der Waals surface area contributed by atoms with Crippen molar-refractivity contribution in [2.45, 2.75) is 302 Å². The van der Waals surface area contributed by atoms with Crippen LogP contribution >= 0.6 is 47.0 Å². The summed E-state index contributed by atoms with van der Waals surface area (Å²) < 4.78 is 1.66. The second-order valence-electron chi connectivity index (χ2n) is 24.2. The van der Waals surface area contributed by atoms with Crippen LogP contribution in [0.15, 0.2) is 0 Å². The van der Waals surface area contributed by atoms with Gasteiger partial charge in [-0.2, -0.15) is 0 Å². The molecule has 4 aliphatic rings. The molecule has 4 heteroatoms. The van der Waals surface area contributed by atoms with Crippen molar-refractivity contribution in [3.05, 3.63) is 0 Å². The standard InChI is InChI=1S/C63H120S4/c1-9-20-50-31-36-56(59(46-50)26-15-7)39-43-65-63(66-44-40-57-37-32-51(21-10-2)47-60(57)27-16-8)29-19-17-18-28-62(64-42-38-53-33-35-54(23-12-4)58(49-53)25-14-6)67-45-41-61-48-52(22-11-3)30-34-55(61)24-13-5/h50-63H,9-49H2,1-8H3. The lowest BCUT2D eigenvalue weighted by Gasteiger charge is -2.37. The van der Waals surface area contributed by atoms with E-state index in [1.165, 1.54) is 235 Å². The maximum Gasteiger partial charge on any atom is 0.0502 e. The monoisotopic (exact) mass is 1000 g/mol. The van der Waals surface area contributed by atoms with Crippen LogP contribution in [0, 0.1) is 71.0 Å². The molecular weight excluding hydrogens is 885 g/mol. The minimum Gasteiger partial charge on any atom is -0.148 e. The van der Waals surface area contributed by atoms with E-state index in [1.807, 2.05) is 0 Å². The van der Waals surface area contributed by atoms with Crippen LogP contribution in [0.4, 0.5) is 0 Å².